The lowest BCUT2D eigenvalue weighted by atomic mass is 10.1. The molecule has 3 N–H and O–H groups in total. The van der Waals surface area contributed by atoms with Crippen molar-refractivity contribution in [2.75, 3.05) is 12.3 Å². The second-order valence-electron chi connectivity index (χ2n) is 4.38. The van der Waals surface area contributed by atoms with E-state index in [1.54, 1.807) is 18.2 Å². The number of carbonyl (C=O) groups excluding carboxylic acids is 1. The van der Waals surface area contributed by atoms with E-state index in [1.807, 2.05) is 20.8 Å². The SMILES string of the molecule is CCCOc1cc(C(=O)NC(C)CC)ccc1N. The number of hydrogen-bond acceptors (Lipinski definition) is 3. The molecular formula is C14H22N2O2. The molecule has 100 valence electrons. The van der Waals surface area contributed by atoms with Crippen LogP contribution in [0, 0.1) is 0 Å². The highest BCUT2D eigenvalue weighted by Crippen LogP contribution is 2.23. The minimum atomic E-state index is -0.0919. The van der Waals surface area contributed by atoms with Crippen molar-refractivity contribution >= 4 is 11.6 Å². The van der Waals surface area contributed by atoms with Gasteiger partial charge < -0.3 is 15.8 Å². The van der Waals surface area contributed by atoms with Gasteiger partial charge >= 0.3 is 0 Å². The van der Waals surface area contributed by atoms with Crippen LogP contribution in [0.5, 0.6) is 5.75 Å². The maximum atomic E-state index is 11.9. The molecule has 0 saturated heterocycles. The summed E-state index contributed by atoms with van der Waals surface area (Å²) in [5, 5.41) is 2.91. The van der Waals surface area contributed by atoms with E-state index >= 15 is 0 Å². The van der Waals surface area contributed by atoms with Gasteiger partial charge in [0.05, 0.1) is 12.3 Å². The van der Waals surface area contributed by atoms with E-state index in [0.717, 1.165) is 12.8 Å². The van der Waals surface area contributed by atoms with E-state index in [1.165, 1.54) is 0 Å². The Bertz CT molecular complexity index is 405. The molecule has 0 aromatic heterocycles. The van der Waals surface area contributed by atoms with Gasteiger partial charge in [-0.1, -0.05) is 13.8 Å². The lowest BCUT2D eigenvalue weighted by Crippen LogP contribution is -2.31. The van der Waals surface area contributed by atoms with Crippen molar-refractivity contribution in [3.8, 4) is 5.75 Å². The largest absolute Gasteiger partial charge is 0.491 e. The molecule has 0 aliphatic heterocycles. The van der Waals surface area contributed by atoms with Crippen LogP contribution in [0.15, 0.2) is 18.2 Å². The normalized spacial score (nSPS) is 11.9. The molecule has 1 atom stereocenters. The van der Waals surface area contributed by atoms with Gasteiger partial charge in [-0.2, -0.15) is 0 Å². The van der Waals surface area contributed by atoms with E-state index in [4.69, 9.17) is 10.5 Å². The first-order valence-corrected chi connectivity index (χ1v) is 6.41. The molecule has 0 radical (unpaired) electrons. The highest BCUT2D eigenvalue weighted by molar-refractivity contribution is 5.95. The summed E-state index contributed by atoms with van der Waals surface area (Å²) >= 11 is 0. The molecule has 18 heavy (non-hydrogen) atoms. The van der Waals surface area contributed by atoms with E-state index in [2.05, 4.69) is 5.32 Å². The highest BCUT2D eigenvalue weighted by atomic mass is 16.5. The standard InChI is InChI=1S/C14H22N2O2/c1-4-8-18-13-9-11(6-7-12(13)15)14(17)16-10(3)5-2/h6-7,9-10H,4-5,8,15H2,1-3H3,(H,16,17). The third-order valence-corrected chi connectivity index (χ3v) is 2.73. The predicted molar refractivity (Wildman–Crippen MR) is 73.9 cm³/mol. The minimum Gasteiger partial charge on any atom is -0.491 e. The molecule has 1 aromatic carbocycles. The Balaban J connectivity index is 2.80. The second-order valence-corrected chi connectivity index (χ2v) is 4.38. The second kappa shape index (κ2) is 6.89. The molecule has 4 nitrogen and oxygen atoms in total. The Hall–Kier alpha value is -1.71. The van der Waals surface area contributed by atoms with Gasteiger partial charge in [0.15, 0.2) is 0 Å². The number of nitrogens with two attached hydrogens (primary N) is 1. The number of rotatable bonds is 6. The van der Waals surface area contributed by atoms with E-state index in [9.17, 15) is 4.79 Å². The van der Waals surface area contributed by atoms with Gasteiger partial charge in [-0.3, -0.25) is 4.79 Å². The van der Waals surface area contributed by atoms with Crippen LogP contribution < -0.4 is 15.8 Å². The Morgan fingerprint density at radius 2 is 2.17 bits per heavy atom. The molecule has 0 saturated carbocycles. The van der Waals surface area contributed by atoms with E-state index < -0.39 is 0 Å². The average molecular weight is 250 g/mol. The van der Waals surface area contributed by atoms with Gasteiger partial charge in [-0.05, 0) is 38.0 Å². The van der Waals surface area contributed by atoms with Gasteiger partial charge in [0.25, 0.3) is 5.91 Å². The zero-order valence-electron chi connectivity index (χ0n) is 11.3. The van der Waals surface area contributed by atoms with Crippen molar-refractivity contribution in [1.29, 1.82) is 0 Å². The van der Waals surface area contributed by atoms with E-state index in [-0.39, 0.29) is 11.9 Å². The number of carbonyl (C=O) groups is 1. The summed E-state index contributed by atoms with van der Waals surface area (Å²) < 4.78 is 5.50. The number of nitrogen functional groups attached to an aromatic ring is 1. The summed E-state index contributed by atoms with van der Waals surface area (Å²) in [5.74, 6) is 0.486. The number of amides is 1. The lowest BCUT2D eigenvalue weighted by molar-refractivity contribution is 0.0939. The fourth-order valence-electron chi connectivity index (χ4n) is 1.42. The molecule has 0 spiro atoms. The lowest BCUT2D eigenvalue weighted by Gasteiger charge is -2.13. The van der Waals surface area contributed by atoms with Crippen molar-refractivity contribution in [3.05, 3.63) is 23.8 Å². The third-order valence-electron chi connectivity index (χ3n) is 2.73. The van der Waals surface area contributed by atoms with Gasteiger partial charge in [0, 0.05) is 11.6 Å². The Morgan fingerprint density at radius 3 is 2.78 bits per heavy atom. The first kappa shape index (κ1) is 14.4. The number of nitrogens with one attached hydrogen (secondary N) is 1. The van der Waals surface area contributed by atoms with Gasteiger partial charge in [0.2, 0.25) is 0 Å². The Labute approximate surface area is 109 Å². The fourth-order valence-corrected chi connectivity index (χ4v) is 1.42. The molecule has 0 heterocycles. The van der Waals surface area contributed by atoms with Crippen molar-refractivity contribution in [1.82, 2.24) is 5.32 Å². The number of ether oxygens (including phenoxy) is 1. The summed E-state index contributed by atoms with van der Waals surface area (Å²) in [6.07, 6.45) is 1.81. The maximum absolute atomic E-state index is 11.9. The molecule has 0 bridgehead atoms. The smallest absolute Gasteiger partial charge is 0.251 e. The molecule has 1 rings (SSSR count). The van der Waals surface area contributed by atoms with Crippen molar-refractivity contribution in [2.24, 2.45) is 0 Å². The quantitative estimate of drug-likeness (QED) is 0.763. The number of hydrogen-bond donors (Lipinski definition) is 2. The van der Waals surface area contributed by atoms with E-state index in [0.29, 0.717) is 23.6 Å². The zero-order valence-corrected chi connectivity index (χ0v) is 11.3. The predicted octanol–water partition coefficient (Wildman–Crippen LogP) is 2.59. The molecule has 0 fully saturated rings. The van der Waals surface area contributed by atoms with Crippen LogP contribution in [-0.4, -0.2) is 18.6 Å². The monoisotopic (exact) mass is 250 g/mol. The highest BCUT2D eigenvalue weighted by Gasteiger charge is 2.11. The maximum Gasteiger partial charge on any atom is 0.251 e. The fraction of sp³-hybridized carbons (Fsp3) is 0.500. The average Bonchev–Trinajstić information content (AvgIpc) is 2.37. The van der Waals surface area contributed by atoms with Crippen LogP contribution in [0.3, 0.4) is 0 Å². The van der Waals surface area contributed by atoms with Gasteiger partial charge in [-0.25, -0.2) is 0 Å². The van der Waals surface area contributed by atoms with Crippen LogP contribution in [0.25, 0.3) is 0 Å². The first-order valence-electron chi connectivity index (χ1n) is 6.41. The Morgan fingerprint density at radius 1 is 1.44 bits per heavy atom. The van der Waals surface area contributed by atoms with Crippen LogP contribution in [0.1, 0.15) is 44.0 Å². The van der Waals surface area contributed by atoms with Crippen molar-refractivity contribution in [2.45, 2.75) is 39.7 Å². The van der Waals surface area contributed by atoms with Crippen LogP contribution in [0.2, 0.25) is 0 Å². The topological polar surface area (TPSA) is 64.3 Å². The van der Waals surface area contributed by atoms with Crippen molar-refractivity contribution in [3.63, 3.8) is 0 Å². The molecule has 1 aromatic rings. The summed E-state index contributed by atoms with van der Waals surface area (Å²) in [4.78, 5) is 11.9. The summed E-state index contributed by atoms with van der Waals surface area (Å²) in [6, 6.07) is 5.28. The molecule has 0 aliphatic carbocycles. The minimum absolute atomic E-state index is 0.0919. The molecule has 1 amide bonds. The van der Waals surface area contributed by atoms with Crippen molar-refractivity contribution < 1.29 is 9.53 Å². The van der Waals surface area contributed by atoms with Gasteiger partial charge in [0.1, 0.15) is 5.75 Å². The van der Waals surface area contributed by atoms with Crippen LogP contribution >= 0.6 is 0 Å². The number of anilines is 1. The molecule has 1 unspecified atom stereocenters. The van der Waals surface area contributed by atoms with Crippen LogP contribution in [-0.2, 0) is 0 Å². The summed E-state index contributed by atoms with van der Waals surface area (Å²) in [5.41, 5.74) is 6.94. The molecular weight excluding hydrogens is 228 g/mol. The third kappa shape index (κ3) is 3.95. The zero-order chi connectivity index (χ0) is 13.5. The first-order chi connectivity index (χ1) is 8.58. The Kier molecular flexibility index (Phi) is 5.49. The van der Waals surface area contributed by atoms with Crippen LogP contribution in [0.4, 0.5) is 5.69 Å². The molecule has 4 heteroatoms. The van der Waals surface area contributed by atoms with Gasteiger partial charge in [-0.15, -0.1) is 0 Å². The summed E-state index contributed by atoms with van der Waals surface area (Å²) in [6.45, 7) is 6.63. The number of benzene rings is 1. The molecule has 0 aliphatic rings. The summed E-state index contributed by atoms with van der Waals surface area (Å²) in [7, 11) is 0.